The Morgan fingerprint density at radius 1 is 1.33 bits per heavy atom. The lowest BCUT2D eigenvalue weighted by Crippen LogP contribution is -2.38. The van der Waals surface area contributed by atoms with E-state index in [2.05, 4.69) is 21.1 Å². The van der Waals surface area contributed by atoms with Gasteiger partial charge in [0.25, 0.3) is 0 Å². The molecule has 3 aromatic heterocycles. The van der Waals surface area contributed by atoms with Crippen LogP contribution in [0.1, 0.15) is 25.3 Å². The van der Waals surface area contributed by atoms with Crippen molar-refractivity contribution in [3.63, 3.8) is 0 Å². The van der Waals surface area contributed by atoms with E-state index in [1.54, 1.807) is 23.1 Å². The Labute approximate surface area is 156 Å². The Morgan fingerprint density at radius 2 is 2.22 bits per heavy atom. The smallest absolute Gasteiger partial charge is 0.147 e. The lowest BCUT2D eigenvalue weighted by Gasteiger charge is -2.30. The molecule has 3 aromatic rings. The summed E-state index contributed by atoms with van der Waals surface area (Å²) in [7, 11) is 0. The van der Waals surface area contributed by atoms with Crippen LogP contribution in [-0.2, 0) is 0 Å². The molecule has 0 aliphatic carbocycles. The lowest BCUT2D eigenvalue weighted by atomic mass is 10.1. The summed E-state index contributed by atoms with van der Waals surface area (Å²) >= 11 is 0. The number of nitrogens with zero attached hydrogens (tertiary/aromatic N) is 6. The minimum absolute atomic E-state index is 0.326. The third-order valence-electron chi connectivity index (χ3n) is 4.65. The van der Waals surface area contributed by atoms with Crippen LogP contribution in [0.3, 0.4) is 0 Å². The number of piperidine rings is 1. The van der Waals surface area contributed by atoms with Gasteiger partial charge in [-0.3, -0.25) is 4.98 Å². The third kappa shape index (κ3) is 3.29. The highest BCUT2D eigenvalue weighted by Crippen LogP contribution is 2.30. The predicted octanol–water partition coefficient (Wildman–Crippen LogP) is 2.02. The zero-order valence-electron chi connectivity index (χ0n) is 15.0. The van der Waals surface area contributed by atoms with E-state index in [1.165, 1.54) is 6.20 Å². The molecule has 0 aromatic carbocycles. The van der Waals surface area contributed by atoms with Crippen LogP contribution in [0.5, 0.6) is 5.75 Å². The molecule has 1 fully saturated rings. The summed E-state index contributed by atoms with van der Waals surface area (Å²) in [6, 6.07) is 4.03. The van der Waals surface area contributed by atoms with Crippen molar-refractivity contribution in [2.75, 3.05) is 24.6 Å². The van der Waals surface area contributed by atoms with Crippen LogP contribution in [0.2, 0.25) is 0 Å². The maximum atomic E-state index is 9.86. The maximum absolute atomic E-state index is 9.86. The first-order valence-electron chi connectivity index (χ1n) is 8.99. The first-order valence-corrected chi connectivity index (χ1v) is 8.99. The number of β-amino-alcohol motifs (C(OH)–C–C–N with tert-alkyl or cyclic N) is 1. The normalized spacial score (nSPS) is 17.1. The van der Waals surface area contributed by atoms with Gasteiger partial charge in [-0.25, -0.2) is 9.50 Å². The Bertz CT molecular complexity index is 992. The largest absolute Gasteiger partial charge is 0.492 e. The van der Waals surface area contributed by atoms with Crippen LogP contribution in [-0.4, -0.2) is 50.5 Å². The van der Waals surface area contributed by atoms with Crippen LogP contribution in [0.15, 0.2) is 30.9 Å². The molecule has 8 nitrogen and oxygen atoms in total. The van der Waals surface area contributed by atoms with Gasteiger partial charge in [-0.2, -0.15) is 10.4 Å². The zero-order chi connectivity index (χ0) is 18.8. The van der Waals surface area contributed by atoms with Gasteiger partial charge < -0.3 is 14.7 Å². The summed E-state index contributed by atoms with van der Waals surface area (Å²) in [5, 5.41) is 23.5. The molecule has 1 saturated heterocycles. The second-order valence-corrected chi connectivity index (χ2v) is 6.49. The molecular formula is C19H20N6O2. The SMILES string of the molecule is CCOc1cc(-c2cnc(N3CCC[C@@H](O)C3)cn2)c2c(C#N)cnn2c1. The predicted molar refractivity (Wildman–Crippen MR) is 99.6 cm³/mol. The summed E-state index contributed by atoms with van der Waals surface area (Å²) in [4.78, 5) is 11.1. The molecule has 1 aliphatic heterocycles. The molecule has 0 saturated carbocycles. The van der Waals surface area contributed by atoms with E-state index in [4.69, 9.17) is 4.74 Å². The molecular weight excluding hydrogens is 344 g/mol. The molecule has 4 rings (SSSR count). The van der Waals surface area contributed by atoms with Crippen LogP contribution in [0.4, 0.5) is 5.82 Å². The van der Waals surface area contributed by atoms with Gasteiger partial charge in [0.05, 0.1) is 54.3 Å². The quantitative estimate of drug-likeness (QED) is 0.756. The van der Waals surface area contributed by atoms with E-state index in [0.29, 0.717) is 35.7 Å². The number of aromatic nitrogens is 4. The summed E-state index contributed by atoms with van der Waals surface area (Å²) in [5.74, 6) is 1.39. The average Bonchev–Trinajstić information content (AvgIpc) is 3.11. The number of rotatable bonds is 4. The standard InChI is InChI=1S/C19H20N6O2/c1-2-27-15-6-16(19-13(7-20)8-23-25(19)12-15)17-9-22-18(10-21-17)24-5-3-4-14(26)11-24/h6,8-10,12,14,26H,2-5,11H2,1H3/t14-/m1/s1. The number of hydrogen-bond acceptors (Lipinski definition) is 7. The zero-order valence-corrected chi connectivity index (χ0v) is 15.0. The van der Waals surface area contributed by atoms with Crippen molar-refractivity contribution >= 4 is 11.3 Å². The van der Waals surface area contributed by atoms with Gasteiger partial charge in [0.2, 0.25) is 0 Å². The number of fused-ring (bicyclic) bond motifs is 1. The highest BCUT2D eigenvalue weighted by Gasteiger charge is 2.20. The Kier molecular flexibility index (Phi) is 4.60. The molecule has 138 valence electrons. The molecule has 0 unspecified atom stereocenters. The van der Waals surface area contributed by atoms with E-state index >= 15 is 0 Å². The fourth-order valence-electron chi connectivity index (χ4n) is 3.41. The second kappa shape index (κ2) is 7.21. The molecule has 1 atom stereocenters. The first kappa shape index (κ1) is 17.2. The van der Waals surface area contributed by atoms with Gasteiger partial charge in [0.1, 0.15) is 17.6 Å². The summed E-state index contributed by atoms with van der Waals surface area (Å²) in [6.07, 6.45) is 8.11. The Morgan fingerprint density at radius 3 is 2.93 bits per heavy atom. The van der Waals surface area contributed by atoms with E-state index < -0.39 is 0 Å². The molecule has 0 radical (unpaired) electrons. The number of ether oxygens (including phenoxy) is 1. The lowest BCUT2D eigenvalue weighted by molar-refractivity contribution is 0.154. The topological polar surface area (TPSA) is 99.6 Å². The molecule has 0 bridgehead atoms. The van der Waals surface area contributed by atoms with Gasteiger partial charge >= 0.3 is 0 Å². The summed E-state index contributed by atoms with van der Waals surface area (Å²) in [5.41, 5.74) is 2.53. The molecule has 4 heterocycles. The first-order chi connectivity index (χ1) is 13.2. The van der Waals surface area contributed by atoms with Crippen molar-refractivity contribution in [1.29, 1.82) is 5.26 Å². The number of aliphatic hydroxyl groups excluding tert-OH is 1. The Balaban J connectivity index is 1.75. The Hall–Kier alpha value is -3.18. The minimum atomic E-state index is -0.326. The third-order valence-corrected chi connectivity index (χ3v) is 4.65. The molecule has 8 heteroatoms. The fraction of sp³-hybridized carbons (Fsp3) is 0.368. The van der Waals surface area contributed by atoms with E-state index in [-0.39, 0.29) is 6.10 Å². The highest BCUT2D eigenvalue weighted by molar-refractivity contribution is 5.83. The molecule has 0 spiro atoms. The number of nitriles is 1. The number of pyridine rings is 1. The van der Waals surface area contributed by atoms with E-state index in [0.717, 1.165) is 30.8 Å². The van der Waals surface area contributed by atoms with Gasteiger partial charge in [-0.15, -0.1) is 0 Å². The van der Waals surface area contributed by atoms with Crippen LogP contribution in [0.25, 0.3) is 16.8 Å². The van der Waals surface area contributed by atoms with Crippen molar-refractivity contribution in [2.24, 2.45) is 0 Å². The number of anilines is 1. The van der Waals surface area contributed by atoms with Crippen molar-refractivity contribution in [3.8, 4) is 23.1 Å². The molecule has 1 aliphatic rings. The van der Waals surface area contributed by atoms with E-state index in [1.807, 2.05) is 17.9 Å². The van der Waals surface area contributed by atoms with Gasteiger partial charge in [-0.05, 0) is 25.8 Å². The monoisotopic (exact) mass is 364 g/mol. The van der Waals surface area contributed by atoms with Crippen molar-refractivity contribution in [2.45, 2.75) is 25.9 Å². The summed E-state index contributed by atoms with van der Waals surface area (Å²) < 4.78 is 7.26. The van der Waals surface area contributed by atoms with Gasteiger partial charge in [0.15, 0.2) is 0 Å². The molecule has 27 heavy (non-hydrogen) atoms. The fourth-order valence-corrected chi connectivity index (χ4v) is 3.41. The summed E-state index contributed by atoms with van der Waals surface area (Å²) in [6.45, 7) is 3.87. The van der Waals surface area contributed by atoms with E-state index in [9.17, 15) is 10.4 Å². The van der Waals surface area contributed by atoms with Crippen LogP contribution in [0, 0.1) is 11.3 Å². The van der Waals surface area contributed by atoms with Gasteiger partial charge in [0, 0.05) is 18.7 Å². The molecule has 0 amide bonds. The van der Waals surface area contributed by atoms with Gasteiger partial charge in [-0.1, -0.05) is 0 Å². The van der Waals surface area contributed by atoms with Crippen molar-refractivity contribution in [1.82, 2.24) is 19.6 Å². The molecule has 1 N–H and O–H groups in total. The second-order valence-electron chi connectivity index (χ2n) is 6.49. The van der Waals surface area contributed by atoms with Crippen molar-refractivity contribution in [3.05, 3.63) is 36.4 Å². The maximum Gasteiger partial charge on any atom is 0.147 e. The average molecular weight is 364 g/mol. The van der Waals surface area contributed by atoms with Crippen LogP contribution < -0.4 is 9.64 Å². The van der Waals surface area contributed by atoms with Crippen molar-refractivity contribution < 1.29 is 9.84 Å². The van der Waals surface area contributed by atoms with Crippen LogP contribution >= 0.6 is 0 Å². The number of aliphatic hydroxyl groups is 1. The number of hydrogen-bond donors (Lipinski definition) is 1. The highest BCUT2D eigenvalue weighted by atomic mass is 16.5. The minimum Gasteiger partial charge on any atom is -0.492 e.